The van der Waals surface area contributed by atoms with Gasteiger partial charge in [-0.3, -0.25) is 4.99 Å². The minimum absolute atomic E-state index is 0.349. The third kappa shape index (κ3) is 6.10. The number of sulfone groups is 1. The zero-order valence-electron chi connectivity index (χ0n) is 18.5. The molecule has 0 aliphatic carbocycles. The SMILES string of the molecule is CCNC(=NCCc1c[nH]c2c(CC)cccc12)NCCc1ccc(S(C)(=O)=O)cc1. The second-order valence-electron chi connectivity index (χ2n) is 7.61. The Hall–Kier alpha value is -2.80. The van der Waals surface area contributed by atoms with E-state index < -0.39 is 9.84 Å². The van der Waals surface area contributed by atoms with Gasteiger partial charge in [0.05, 0.1) is 4.90 Å². The van der Waals surface area contributed by atoms with Gasteiger partial charge in [-0.25, -0.2) is 8.42 Å². The smallest absolute Gasteiger partial charge is 0.191 e. The summed E-state index contributed by atoms with van der Waals surface area (Å²) >= 11 is 0. The summed E-state index contributed by atoms with van der Waals surface area (Å²) in [6.45, 7) is 6.43. The van der Waals surface area contributed by atoms with E-state index in [2.05, 4.69) is 46.9 Å². The van der Waals surface area contributed by atoms with Crippen molar-refractivity contribution in [1.82, 2.24) is 15.6 Å². The number of benzene rings is 2. The molecular weight excluding hydrogens is 408 g/mol. The third-order valence-electron chi connectivity index (χ3n) is 5.32. The molecule has 31 heavy (non-hydrogen) atoms. The van der Waals surface area contributed by atoms with Crippen LogP contribution in [0.4, 0.5) is 0 Å². The number of hydrogen-bond donors (Lipinski definition) is 3. The van der Waals surface area contributed by atoms with Gasteiger partial charge in [-0.1, -0.05) is 37.3 Å². The molecule has 0 aliphatic rings. The number of fused-ring (bicyclic) bond motifs is 1. The number of aromatic nitrogens is 1. The highest BCUT2D eigenvalue weighted by Gasteiger charge is 2.07. The van der Waals surface area contributed by atoms with Crippen molar-refractivity contribution in [3.05, 3.63) is 65.4 Å². The highest BCUT2D eigenvalue weighted by Crippen LogP contribution is 2.22. The number of hydrogen-bond acceptors (Lipinski definition) is 3. The lowest BCUT2D eigenvalue weighted by Gasteiger charge is -2.11. The van der Waals surface area contributed by atoms with Gasteiger partial charge in [-0.2, -0.15) is 0 Å². The molecule has 0 unspecified atom stereocenters. The van der Waals surface area contributed by atoms with E-state index in [0.29, 0.717) is 11.4 Å². The second-order valence-corrected chi connectivity index (χ2v) is 9.63. The van der Waals surface area contributed by atoms with Crippen molar-refractivity contribution in [1.29, 1.82) is 0 Å². The first kappa shape index (κ1) is 22.9. The van der Waals surface area contributed by atoms with Crippen molar-refractivity contribution in [3.63, 3.8) is 0 Å². The molecule has 0 saturated heterocycles. The van der Waals surface area contributed by atoms with Gasteiger partial charge in [0.2, 0.25) is 0 Å². The summed E-state index contributed by atoms with van der Waals surface area (Å²) in [5.41, 5.74) is 4.94. The average Bonchev–Trinajstić information content (AvgIpc) is 3.17. The molecule has 0 fully saturated rings. The maximum Gasteiger partial charge on any atom is 0.191 e. The summed E-state index contributed by atoms with van der Waals surface area (Å²) < 4.78 is 23.1. The van der Waals surface area contributed by atoms with Gasteiger partial charge < -0.3 is 15.6 Å². The summed E-state index contributed by atoms with van der Waals surface area (Å²) in [5, 5.41) is 7.93. The number of guanidine groups is 1. The molecule has 2 aromatic carbocycles. The fraction of sp³-hybridized carbons (Fsp3) is 0.375. The van der Waals surface area contributed by atoms with Crippen LogP contribution in [0.3, 0.4) is 0 Å². The molecule has 0 spiro atoms. The zero-order valence-corrected chi connectivity index (χ0v) is 19.3. The lowest BCUT2D eigenvalue weighted by Crippen LogP contribution is -2.38. The van der Waals surface area contributed by atoms with Crippen LogP contribution in [0.25, 0.3) is 10.9 Å². The molecule has 0 radical (unpaired) electrons. The molecule has 3 aromatic rings. The molecule has 3 N–H and O–H groups in total. The highest BCUT2D eigenvalue weighted by atomic mass is 32.2. The Balaban J connectivity index is 1.56. The summed E-state index contributed by atoms with van der Waals surface area (Å²) in [4.78, 5) is 8.49. The molecular formula is C24H32N4O2S. The Labute approximate surface area is 185 Å². The lowest BCUT2D eigenvalue weighted by molar-refractivity contribution is 0.602. The largest absolute Gasteiger partial charge is 0.361 e. The van der Waals surface area contributed by atoms with Gasteiger partial charge in [0.15, 0.2) is 15.8 Å². The van der Waals surface area contributed by atoms with Crippen molar-refractivity contribution in [2.45, 2.75) is 38.0 Å². The van der Waals surface area contributed by atoms with Crippen LogP contribution in [0.2, 0.25) is 0 Å². The molecule has 7 heteroatoms. The molecule has 0 bridgehead atoms. The van der Waals surface area contributed by atoms with E-state index in [1.54, 1.807) is 12.1 Å². The van der Waals surface area contributed by atoms with Gasteiger partial charge in [0, 0.05) is 43.0 Å². The van der Waals surface area contributed by atoms with Crippen LogP contribution in [0.1, 0.15) is 30.5 Å². The van der Waals surface area contributed by atoms with Gasteiger partial charge in [0.1, 0.15) is 0 Å². The number of rotatable bonds is 9. The van der Waals surface area contributed by atoms with Crippen LogP contribution < -0.4 is 10.6 Å². The Morgan fingerprint density at radius 1 is 1.00 bits per heavy atom. The summed E-state index contributed by atoms with van der Waals surface area (Å²) in [7, 11) is -3.15. The molecule has 0 saturated carbocycles. The lowest BCUT2D eigenvalue weighted by atomic mass is 10.1. The monoisotopic (exact) mass is 440 g/mol. The Morgan fingerprint density at radius 3 is 2.45 bits per heavy atom. The van der Waals surface area contributed by atoms with Crippen molar-refractivity contribution < 1.29 is 8.42 Å². The van der Waals surface area contributed by atoms with Gasteiger partial charge >= 0.3 is 0 Å². The highest BCUT2D eigenvalue weighted by molar-refractivity contribution is 7.90. The van der Waals surface area contributed by atoms with Crippen LogP contribution in [-0.2, 0) is 29.1 Å². The average molecular weight is 441 g/mol. The first-order valence-corrected chi connectivity index (χ1v) is 12.7. The number of para-hydroxylation sites is 1. The van der Waals surface area contributed by atoms with E-state index in [9.17, 15) is 8.42 Å². The van der Waals surface area contributed by atoms with E-state index in [-0.39, 0.29) is 0 Å². The third-order valence-corrected chi connectivity index (χ3v) is 6.45. The van der Waals surface area contributed by atoms with Crippen molar-refractivity contribution in [2.75, 3.05) is 25.9 Å². The first-order chi connectivity index (χ1) is 14.9. The van der Waals surface area contributed by atoms with Crippen LogP contribution in [0.5, 0.6) is 0 Å². The molecule has 1 aromatic heterocycles. The fourth-order valence-electron chi connectivity index (χ4n) is 3.64. The van der Waals surface area contributed by atoms with Crippen LogP contribution >= 0.6 is 0 Å². The summed E-state index contributed by atoms with van der Waals surface area (Å²) in [6.07, 6.45) is 6.00. The number of nitrogens with zero attached hydrogens (tertiary/aromatic N) is 1. The molecule has 6 nitrogen and oxygen atoms in total. The number of aromatic amines is 1. The minimum Gasteiger partial charge on any atom is -0.361 e. The summed E-state index contributed by atoms with van der Waals surface area (Å²) in [6, 6.07) is 13.5. The van der Waals surface area contributed by atoms with Crippen molar-refractivity contribution >= 4 is 26.7 Å². The topological polar surface area (TPSA) is 86.3 Å². The fourth-order valence-corrected chi connectivity index (χ4v) is 4.27. The number of aryl methyl sites for hydroxylation is 1. The van der Waals surface area contributed by atoms with Crippen LogP contribution in [-0.4, -0.2) is 45.3 Å². The quantitative estimate of drug-likeness (QED) is 0.351. The molecule has 0 aliphatic heterocycles. The van der Waals surface area contributed by atoms with E-state index in [4.69, 9.17) is 4.99 Å². The predicted molar refractivity (Wildman–Crippen MR) is 129 cm³/mol. The van der Waals surface area contributed by atoms with Crippen LogP contribution in [0.15, 0.2) is 58.5 Å². The Kier molecular flexibility index (Phi) is 7.74. The first-order valence-electron chi connectivity index (χ1n) is 10.8. The Bertz CT molecular complexity index is 1130. The standard InChI is InChI=1S/C24H32N4O2S/c1-4-19-7-6-8-22-20(17-28-23(19)22)14-16-27-24(25-5-2)26-15-13-18-9-11-21(12-10-18)31(3,29)30/h6-12,17,28H,4-5,13-16H2,1-3H3,(H2,25,26,27). The van der Waals surface area contributed by atoms with Crippen molar-refractivity contribution in [3.8, 4) is 0 Å². The Morgan fingerprint density at radius 2 is 1.77 bits per heavy atom. The van der Waals surface area contributed by atoms with Gasteiger partial charge in [-0.05, 0) is 55.0 Å². The molecule has 0 amide bonds. The van der Waals surface area contributed by atoms with Crippen LogP contribution in [0, 0.1) is 0 Å². The van der Waals surface area contributed by atoms with Gasteiger partial charge in [0.25, 0.3) is 0 Å². The van der Waals surface area contributed by atoms with E-state index in [1.165, 1.54) is 28.3 Å². The van der Waals surface area contributed by atoms with Crippen molar-refractivity contribution in [2.24, 2.45) is 4.99 Å². The molecule has 3 rings (SSSR count). The van der Waals surface area contributed by atoms with E-state index in [1.807, 2.05) is 19.1 Å². The maximum absolute atomic E-state index is 11.6. The second kappa shape index (κ2) is 10.5. The predicted octanol–water partition coefficient (Wildman–Crippen LogP) is 3.47. The van der Waals surface area contributed by atoms with E-state index >= 15 is 0 Å². The number of H-pyrrole nitrogens is 1. The van der Waals surface area contributed by atoms with E-state index in [0.717, 1.165) is 43.9 Å². The molecule has 166 valence electrons. The normalized spacial score (nSPS) is 12.3. The van der Waals surface area contributed by atoms with Gasteiger partial charge in [-0.15, -0.1) is 0 Å². The number of aliphatic imine (C=N–C) groups is 1. The maximum atomic E-state index is 11.6. The molecule has 0 atom stereocenters. The minimum atomic E-state index is -3.15. The summed E-state index contributed by atoms with van der Waals surface area (Å²) in [5.74, 6) is 0.796. The number of nitrogens with one attached hydrogen (secondary N) is 3. The zero-order chi connectivity index (χ0) is 22.3. The molecule has 1 heterocycles.